The lowest BCUT2D eigenvalue weighted by atomic mass is 10.0. The summed E-state index contributed by atoms with van der Waals surface area (Å²) in [6.45, 7) is 1.23. The zero-order valence-electron chi connectivity index (χ0n) is 13.7. The van der Waals surface area contributed by atoms with Gasteiger partial charge in [0.1, 0.15) is 0 Å². The van der Waals surface area contributed by atoms with Crippen molar-refractivity contribution in [2.75, 3.05) is 20.6 Å². The Morgan fingerprint density at radius 1 is 0.960 bits per heavy atom. The van der Waals surface area contributed by atoms with Crippen LogP contribution in [0.1, 0.15) is 5.56 Å². The second-order valence-corrected chi connectivity index (χ2v) is 5.98. The molecule has 0 aliphatic carbocycles. The third kappa shape index (κ3) is 2.26. The molecule has 0 spiro atoms. The van der Waals surface area contributed by atoms with Gasteiger partial charge in [0.05, 0.1) is 5.69 Å². The van der Waals surface area contributed by atoms with E-state index < -0.39 is 0 Å². The molecule has 2 aliphatic heterocycles. The Hall–Kier alpha value is -2.99. The molecule has 126 valence electrons. The van der Waals surface area contributed by atoms with E-state index in [9.17, 15) is 0 Å². The van der Waals surface area contributed by atoms with E-state index in [-0.39, 0.29) is 13.6 Å². The highest BCUT2D eigenvalue weighted by molar-refractivity contribution is 5.93. The highest BCUT2D eigenvalue weighted by Crippen LogP contribution is 2.41. The van der Waals surface area contributed by atoms with Gasteiger partial charge in [0, 0.05) is 23.7 Å². The van der Waals surface area contributed by atoms with Crippen LogP contribution in [0.25, 0.3) is 22.0 Å². The van der Waals surface area contributed by atoms with Crippen LogP contribution in [0.5, 0.6) is 23.0 Å². The summed E-state index contributed by atoms with van der Waals surface area (Å²) in [5.74, 6) is 3.05. The number of nitrogens with zero attached hydrogens (tertiary/aromatic N) is 1. The Morgan fingerprint density at radius 2 is 1.76 bits per heavy atom. The standard InChI is InChI=1S/C19H16N2O4/c1-20-7-12-5-17-18(24-9-23-17)6-13(12)15-4-11-2-3-16-19(25-10-22-16)14(11)8-21-15/h2-6,8,20H,7,9-10H2,1H3. The number of hydrogen-bond acceptors (Lipinski definition) is 6. The van der Waals surface area contributed by atoms with E-state index in [1.54, 1.807) is 0 Å². The molecule has 0 bridgehead atoms. The van der Waals surface area contributed by atoms with Crippen LogP contribution >= 0.6 is 0 Å². The minimum Gasteiger partial charge on any atom is -0.454 e. The molecular weight excluding hydrogens is 320 g/mol. The molecule has 0 radical (unpaired) electrons. The lowest BCUT2D eigenvalue weighted by molar-refractivity contribution is 0.174. The quantitative estimate of drug-likeness (QED) is 0.793. The highest BCUT2D eigenvalue weighted by Gasteiger charge is 2.20. The van der Waals surface area contributed by atoms with Crippen molar-refractivity contribution in [2.24, 2.45) is 0 Å². The lowest BCUT2D eigenvalue weighted by Crippen LogP contribution is -2.06. The van der Waals surface area contributed by atoms with Crippen molar-refractivity contribution < 1.29 is 18.9 Å². The van der Waals surface area contributed by atoms with Crippen LogP contribution in [-0.4, -0.2) is 25.6 Å². The molecule has 0 atom stereocenters. The Balaban J connectivity index is 1.67. The molecule has 0 saturated carbocycles. The number of benzene rings is 2. The summed E-state index contributed by atoms with van der Waals surface area (Å²) in [6.07, 6.45) is 1.84. The number of fused-ring (bicyclic) bond motifs is 4. The molecule has 3 heterocycles. The number of pyridine rings is 1. The molecule has 5 rings (SSSR count). The fourth-order valence-corrected chi connectivity index (χ4v) is 3.29. The van der Waals surface area contributed by atoms with Gasteiger partial charge < -0.3 is 24.3 Å². The largest absolute Gasteiger partial charge is 0.454 e. The maximum absolute atomic E-state index is 5.57. The first kappa shape index (κ1) is 14.4. The third-order valence-electron chi connectivity index (χ3n) is 4.48. The molecule has 0 saturated heterocycles. The van der Waals surface area contributed by atoms with Crippen LogP contribution in [0.4, 0.5) is 0 Å². The van der Waals surface area contributed by atoms with Gasteiger partial charge in [-0.1, -0.05) is 6.07 Å². The van der Waals surface area contributed by atoms with Crippen molar-refractivity contribution in [1.82, 2.24) is 10.3 Å². The predicted molar refractivity (Wildman–Crippen MR) is 92.2 cm³/mol. The van der Waals surface area contributed by atoms with Crippen molar-refractivity contribution in [3.63, 3.8) is 0 Å². The minimum absolute atomic E-state index is 0.255. The molecule has 0 unspecified atom stereocenters. The average molecular weight is 336 g/mol. The molecule has 6 heteroatoms. The molecule has 3 aromatic rings. The van der Waals surface area contributed by atoms with Crippen molar-refractivity contribution >= 4 is 10.8 Å². The van der Waals surface area contributed by atoms with Gasteiger partial charge in [-0.25, -0.2) is 0 Å². The fraction of sp³-hybridized carbons (Fsp3) is 0.211. The first-order chi connectivity index (χ1) is 12.3. The maximum atomic E-state index is 5.57. The topological polar surface area (TPSA) is 61.8 Å². The van der Waals surface area contributed by atoms with Crippen molar-refractivity contribution in [2.45, 2.75) is 6.54 Å². The summed E-state index contributed by atoms with van der Waals surface area (Å²) in [7, 11) is 1.92. The van der Waals surface area contributed by atoms with E-state index >= 15 is 0 Å². The maximum Gasteiger partial charge on any atom is 0.231 e. The smallest absolute Gasteiger partial charge is 0.231 e. The number of rotatable bonds is 3. The second kappa shape index (κ2) is 5.53. The molecular formula is C19H16N2O4. The Labute approximate surface area is 144 Å². The average Bonchev–Trinajstić information content (AvgIpc) is 3.29. The van der Waals surface area contributed by atoms with Crippen LogP contribution in [0, 0.1) is 0 Å². The third-order valence-corrected chi connectivity index (χ3v) is 4.48. The first-order valence-electron chi connectivity index (χ1n) is 8.09. The molecule has 0 amide bonds. The van der Waals surface area contributed by atoms with E-state index in [4.69, 9.17) is 18.9 Å². The van der Waals surface area contributed by atoms with Gasteiger partial charge in [-0.15, -0.1) is 0 Å². The SMILES string of the molecule is CNCc1cc2c(cc1-c1cc3ccc4c(c3cn1)OCO4)OCO2. The zero-order valence-corrected chi connectivity index (χ0v) is 13.7. The van der Waals surface area contributed by atoms with Crippen LogP contribution in [-0.2, 0) is 6.54 Å². The monoisotopic (exact) mass is 336 g/mol. The van der Waals surface area contributed by atoms with Crippen LogP contribution in [0.15, 0.2) is 36.5 Å². The van der Waals surface area contributed by atoms with Gasteiger partial charge in [-0.2, -0.15) is 0 Å². The summed E-state index contributed by atoms with van der Waals surface area (Å²) in [4.78, 5) is 4.66. The molecule has 0 fully saturated rings. The Morgan fingerprint density at radius 3 is 2.64 bits per heavy atom. The minimum atomic E-state index is 0.255. The molecule has 1 N–H and O–H groups in total. The summed E-state index contributed by atoms with van der Waals surface area (Å²) in [6, 6.07) is 10.0. The number of hydrogen-bond donors (Lipinski definition) is 1. The first-order valence-corrected chi connectivity index (χ1v) is 8.09. The molecule has 6 nitrogen and oxygen atoms in total. The van der Waals surface area contributed by atoms with E-state index in [0.717, 1.165) is 50.6 Å². The van der Waals surface area contributed by atoms with Crippen LogP contribution in [0.3, 0.4) is 0 Å². The van der Waals surface area contributed by atoms with E-state index in [1.807, 2.05) is 37.5 Å². The Kier molecular flexibility index (Phi) is 3.18. The normalized spacial score (nSPS) is 14.3. The van der Waals surface area contributed by atoms with Crippen molar-refractivity contribution in [3.8, 4) is 34.3 Å². The summed E-state index contributed by atoms with van der Waals surface area (Å²) < 4.78 is 22.0. The van der Waals surface area contributed by atoms with Gasteiger partial charge in [0.25, 0.3) is 0 Å². The summed E-state index contributed by atoms with van der Waals surface area (Å²) in [5.41, 5.74) is 3.02. The fourth-order valence-electron chi connectivity index (χ4n) is 3.29. The number of ether oxygens (including phenoxy) is 4. The molecule has 2 aliphatic rings. The molecule has 25 heavy (non-hydrogen) atoms. The molecule has 2 aromatic carbocycles. The van der Waals surface area contributed by atoms with Gasteiger partial charge in [-0.3, -0.25) is 4.98 Å². The van der Waals surface area contributed by atoms with Crippen molar-refractivity contribution in [1.29, 1.82) is 0 Å². The van der Waals surface area contributed by atoms with Gasteiger partial charge in [0.2, 0.25) is 13.6 Å². The summed E-state index contributed by atoms with van der Waals surface area (Å²) >= 11 is 0. The highest BCUT2D eigenvalue weighted by atomic mass is 16.7. The summed E-state index contributed by atoms with van der Waals surface area (Å²) in [5, 5.41) is 5.21. The van der Waals surface area contributed by atoms with E-state index in [2.05, 4.69) is 16.4 Å². The second-order valence-electron chi connectivity index (χ2n) is 5.98. The van der Waals surface area contributed by atoms with Gasteiger partial charge >= 0.3 is 0 Å². The van der Waals surface area contributed by atoms with E-state index in [0.29, 0.717) is 6.54 Å². The van der Waals surface area contributed by atoms with Crippen LogP contribution in [0.2, 0.25) is 0 Å². The van der Waals surface area contributed by atoms with Crippen LogP contribution < -0.4 is 24.3 Å². The van der Waals surface area contributed by atoms with Gasteiger partial charge in [0.15, 0.2) is 23.0 Å². The predicted octanol–water partition coefficient (Wildman–Crippen LogP) is 3.08. The van der Waals surface area contributed by atoms with Crippen molar-refractivity contribution in [3.05, 3.63) is 42.1 Å². The van der Waals surface area contributed by atoms with Gasteiger partial charge in [-0.05, 0) is 42.3 Å². The zero-order chi connectivity index (χ0) is 16.8. The van der Waals surface area contributed by atoms with E-state index in [1.165, 1.54) is 0 Å². The molecule has 1 aromatic heterocycles. The Bertz CT molecular complexity index is 987. The number of nitrogens with one attached hydrogen (secondary N) is 1. The number of aromatic nitrogens is 1. The lowest BCUT2D eigenvalue weighted by Gasteiger charge is -2.11.